The van der Waals surface area contributed by atoms with Crippen LogP contribution in [0.1, 0.15) is 10.4 Å². The van der Waals surface area contributed by atoms with Crippen molar-refractivity contribution in [2.75, 3.05) is 0 Å². The molecule has 0 amide bonds. The van der Waals surface area contributed by atoms with Crippen LogP contribution in [0.2, 0.25) is 0 Å². The Labute approximate surface area is 150 Å². The van der Waals surface area contributed by atoms with Gasteiger partial charge in [0.15, 0.2) is 5.78 Å². The summed E-state index contributed by atoms with van der Waals surface area (Å²) in [6.07, 6.45) is 3.45. The van der Waals surface area contributed by atoms with Crippen LogP contribution in [-0.4, -0.2) is 11.4 Å². The highest BCUT2D eigenvalue weighted by Gasteiger charge is 2.33. The zero-order valence-corrected chi connectivity index (χ0v) is 16.4. The Hall–Kier alpha value is 0.210. The topological polar surface area (TPSA) is 69.1 Å². The zero-order valence-electron chi connectivity index (χ0n) is 10.0. The molecule has 1 aromatic carbocycles. The number of allylic oxidation sites excluding steroid dienone is 2. The third-order valence-corrected chi connectivity index (χ3v) is 5.65. The maximum Gasteiger partial charge on any atom is 0.173 e. The molecule has 4 N–H and O–H groups in total. The molecule has 7 heteroatoms. The van der Waals surface area contributed by atoms with E-state index in [1.807, 2.05) is 6.07 Å². The van der Waals surface area contributed by atoms with Crippen molar-refractivity contribution in [1.29, 1.82) is 0 Å². The number of benzene rings is 1. The summed E-state index contributed by atoms with van der Waals surface area (Å²) < 4.78 is 2.83. The number of nitrogens with two attached hydrogens (primary N) is 2. The summed E-state index contributed by atoms with van der Waals surface area (Å²) >= 11 is 13.4. The van der Waals surface area contributed by atoms with E-state index >= 15 is 0 Å². The molecule has 0 bridgehead atoms. The minimum atomic E-state index is -1.12. The smallest absolute Gasteiger partial charge is 0.173 e. The zero-order chi connectivity index (χ0) is 15.1. The van der Waals surface area contributed by atoms with Crippen molar-refractivity contribution >= 4 is 69.5 Å². The molecule has 1 aliphatic carbocycles. The first-order valence-corrected chi connectivity index (χ1v) is 8.72. The van der Waals surface area contributed by atoms with E-state index in [-0.39, 0.29) is 5.78 Å². The summed E-state index contributed by atoms with van der Waals surface area (Å²) in [6, 6.07) is 5.44. The van der Waals surface area contributed by atoms with Crippen molar-refractivity contribution < 1.29 is 4.79 Å². The van der Waals surface area contributed by atoms with E-state index in [4.69, 9.17) is 11.5 Å². The Bertz CT molecular complexity index is 595. The molecule has 0 saturated carbocycles. The molecule has 0 atom stereocenters. The minimum absolute atomic E-state index is 0.0311. The lowest BCUT2D eigenvalue weighted by molar-refractivity contribution is 0.0963. The monoisotopic (exact) mass is 526 g/mol. The Kier molecular flexibility index (Phi) is 5.09. The molecule has 1 aliphatic rings. The maximum absolute atomic E-state index is 12.6. The van der Waals surface area contributed by atoms with Gasteiger partial charge < -0.3 is 11.5 Å². The highest BCUT2D eigenvalue weighted by Crippen LogP contribution is 2.35. The van der Waals surface area contributed by atoms with E-state index < -0.39 is 11.6 Å². The number of ketones is 1. The number of carbonyl (C=O) groups excluding carboxylic acids is 1. The Morgan fingerprint density at radius 3 is 1.85 bits per heavy atom. The molecule has 0 saturated heterocycles. The Morgan fingerprint density at radius 1 is 0.950 bits per heavy atom. The summed E-state index contributed by atoms with van der Waals surface area (Å²) in [7, 11) is 0. The molecular weight excluding hydrogens is 520 g/mol. The van der Waals surface area contributed by atoms with Gasteiger partial charge in [0.25, 0.3) is 0 Å². The predicted octanol–water partition coefficient (Wildman–Crippen LogP) is 4.20. The van der Waals surface area contributed by atoms with Crippen LogP contribution in [0.3, 0.4) is 0 Å². The second kappa shape index (κ2) is 6.14. The van der Waals surface area contributed by atoms with E-state index in [0.717, 1.165) is 8.95 Å². The van der Waals surface area contributed by atoms with E-state index in [1.165, 1.54) is 0 Å². The number of hydrogen-bond donors (Lipinski definition) is 2. The molecule has 0 heterocycles. The van der Waals surface area contributed by atoms with E-state index in [1.54, 1.807) is 24.3 Å². The maximum atomic E-state index is 12.6. The van der Waals surface area contributed by atoms with Crippen LogP contribution < -0.4 is 11.5 Å². The van der Waals surface area contributed by atoms with Crippen molar-refractivity contribution in [2.24, 2.45) is 17.4 Å². The SMILES string of the molecule is NC1(N)C(Br)=CC(C(=O)c2cc(Br)cc(Br)c2)C=C1Br. The molecule has 0 spiro atoms. The second-order valence-corrected chi connectivity index (χ2v) is 7.99. The summed E-state index contributed by atoms with van der Waals surface area (Å²) in [4.78, 5) is 12.6. The van der Waals surface area contributed by atoms with Crippen LogP contribution in [0.15, 0.2) is 48.3 Å². The van der Waals surface area contributed by atoms with Crippen molar-refractivity contribution in [3.05, 3.63) is 53.8 Å². The summed E-state index contributed by atoms with van der Waals surface area (Å²) in [6.45, 7) is 0. The fourth-order valence-electron chi connectivity index (χ4n) is 1.79. The highest BCUT2D eigenvalue weighted by molar-refractivity contribution is 9.12. The molecular formula is C13H10Br4N2O. The average Bonchev–Trinajstić information content (AvgIpc) is 2.34. The fraction of sp³-hybridized carbons (Fsp3) is 0.154. The average molecular weight is 530 g/mol. The quantitative estimate of drug-likeness (QED) is 0.446. The van der Waals surface area contributed by atoms with Crippen molar-refractivity contribution in [2.45, 2.75) is 5.66 Å². The number of rotatable bonds is 2. The van der Waals surface area contributed by atoms with E-state index in [2.05, 4.69) is 63.7 Å². The molecule has 2 rings (SSSR count). The number of carbonyl (C=O) groups is 1. The summed E-state index contributed by atoms with van der Waals surface area (Å²) in [5.41, 5.74) is 11.4. The van der Waals surface area contributed by atoms with Crippen molar-refractivity contribution in [3.63, 3.8) is 0 Å². The van der Waals surface area contributed by atoms with Gasteiger partial charge in [0, 0.05) is 23.5 Å². The summed E-state index contributed by atoms with van der Waals surface area (Å²) in [5.74, 6) is -0.448. The normalized spacial score (nSPS) is 18.5. The third-order valence-electron chi connectivity index (χ3n) is 2.89. The molecule has 0 unspecified atom stereocenters. The van der Waals surface area contributed by atoms with Gasteiger partial charge in [0.05, 0.1) is 5.92 Å². The van der Waals surface area contributed by atoms with Gasteiger partial charge in [-0.15, -0.1) is 0 Å². The first-order chi connectivity index (χ1) is 9.21. The van der Waals surface area contributed by atoms with E-state index in [0.29, 0.717) is 14.5 Å². The lowest BCUT2D eigenvalue weighted by Gasteiger charge is -2.29. The molecule has 3 nitrogen and oxygen atoms in total. The van der Waals surface area contributed by atoms with E-state index in [9.17, 15) is 4.79 Å². The number of Topliss-reactive ketones (excluding diaryl/α,β-unsaturated/α-hetero) is 1. The van der Waals surface area contributed by atoms with Gasteiger partial charge in [-0.3, -0.25) is 4.79 Å². The van der Waals surface area contributed by atoms with Gasteiger partial charge in [0.2, 0.25) is 0 Å². The number of halogens is 4. The van der Waals surface area contributed by atoms with Gasteiger partial charge in [-0.05, 0) is 18.2 Å². The molecule has 106 valence electrons. The van der Waals surface area contributed by atoms with Gasteiger partial charge >= 0.3 is 0 Å². The van der Waals surface area contributed by atoms with Gasteiger partial charge in [0.1, 0.15) is 5.66 Å². The molecule has 0 aromatic heterocycles. The van der Waals surface area contributed by atoms with Crippen molar-refractivity contribution in [1.82, 2.24) is 0 Å². The van der Waals surface area contributed by atoms with Gasteiger partial charge in [-0.2, -0.15) is 0 Å². The third kappa shape index (κ3) is 3.34. The van der Waals surface area contributed by atoms with Crippen LogP contribution >= 0.6 is 63.7 Å². The Morgan fingerprint density at radius 2 is 1.40 bits per heavy atom. The molecule has 0 aliphatic heterocycles. The first kappa shape index (κ1) is 16.6. The number of hydrogen-bond acceptors (Lipinski definition) is 3. The minimum Gasteiger partial charge on any atom is -0.305 e. The molecule has 20 heavy (non-hydrogen) atoms. The summed E-state index contributed by atoms with van der Waals surface area (Å²) in [5, 5.41) is 0. The largest absolute Gasteiger partial charge is 0.305 e. The fourth-order valence-corrected chi connectivity index (χ4v) is 4.35. The Balaban J connectivity index is 2.38. The van der Waals surface area contributed by atoms with Crippen molar-refractivity contribution in [3.8, 4) is 0 Å². The van der Waals surface area contributed by atoms with Crippen LogP contribution in [0, 0.1) is 5.92 Å². The van der Waals surface area contributed by atoms with Crippen LogP contribution in [0.5, 0.6) is 0 Å². The van der Waals surface area contributed by atoms with Crippen LogP contribution in [0.25, 0.3) is 0 Å². The standard InChI is InChI=1S/C13H10Br4N2O/c14-8-1-6(2-9(15)5-8)12(20)7-3-10(16)13(18,19)11(17)4-7/h1-5,7H,18-19H2. The highest BCUT2D eigenvalue weighted by atomic mass is 79.9. The predicted molar refractivity (Wildman–Crippen MR) is 94.8 cm³/mol. The lowest BCUT2D eigenvalue weighted by Crippen LogP contribution is -2.51. The van der Waals surface area contributed by atoms with Crippen LogP contribution in [-0.2, 0) is 0 Å². The lowest BCUT2D eigenvalue weighted by atomic mass is 9.90. The second-order valence-electron chi connectivity index (χ2n) is 4.45. The van der Waals surface area contributed by atoms with Gasteiger partial charge in [-0.25, -0.2) is 0 Å². The van der Waals surface area contributed by atoms with Gasteiger partial charge in [-0.1, -0.05) is 75.9 Å². The molecule has 1 aromatic rings. The first-order valence-electron chi connectivity index (χ1n) is 5.55. The molecule has 0 fully saturated rings. The molecule has 0 radical (unpaired) electrons. The van der Waals surface area contributed by atoms with Crippen LogP contribution in [0.4, 0.5) is 0 Å².